The first-order valence-corrected chi connectivity index (χ1v) is 8.43. The van der Waals surface area contributed by atoms with E-state index in [0.717, 1.165) is 6.07 Å². The normalized spacial score (nSPS) is 13.7. The molecule has 1 atom stereocenters. The number of nitrogen functional groups attached to an aromatic ring is 1. The minimum Gasteiger partial charge on any atom is -0.399 e. The van der Waals surface area contributed by atoms with E-state index >= 15 is 0 Å². The van der Waals surface area contributed by atoms with Crippen molar-refractivity contribution in [2.24, 2.45) is 0 Å². The second kappa shape index (κ2) is 6.78. The monoisotopic (exact) mass is 359 g/mol. The summed E-state index contributed by atoms with van der Waals surface area (Å²) in [7, 11) is -4.39. The van der Waals surface area contributed by atoms with Gasteiger partial charge in [-0.2, -0.15) is 17.9 Å². The Labute approximate surface area is 137 Å². The van der Waals surface area contributed by atoms with Gasteiger partial charge >= 0.3 is 6.18 Å². The van der Waals surface area contributed by atoms with Crippen LogP contribution in [0.25, 0.3) is 0 Å². The summed E-state index contributed by atoms with van der Waals surface area (Å²) in [5, 5.41) is 0. The van der Waals surface area contributed by atoms with Crippen molar-refractivity contribution in [1.29, 1.82) is 0 Å². The molecule has 0 fully saturated rings. The first kappa shape index (κ1) is 18.2. The van der Waals surface area contributed by atoms with Gasteiger partial charge in [0.05, 0.1) is 4.90 Å². The summed E-state index contributed by atoms with van der Waals surface area (Å²) in [6.45, 7) is 1.48. The van der Waals surface area contributed by atoms with Crippen molar-refractivity contribution in [3.05, 3.63) is 53.9 Å². The van der Waals surface area contributed by atoms with Crippen LogP contribution in [0.4, 0.5) is 18.9 Å². The van der Waals surface area contributed by atoms with Crippen LogP contribution in [0.15, 0.2) is 47.5 Å². The van der Waals surface area contributed by atoms with Crippen LogP contribution in [0.1, 0.15) is 11.3 Å². The summed E-state index contributed by atoms with van der Waals surface area (Å²) in [5.41, 5.74) is 6.12. The van der Waals surface area contributed by atoms with Gasteiger partial charge in [-0.15, -0.1) is 0 Å². The number of sulfonamides is 1. The third-order valence-corrected chi connectivity index (χ3v) is 4.95. The summed E-state index contributed by atoms with van der Waals surface area (Å²) in [4.78, 5) is 3.53. The van der Waals surface area contributed by atoms with Crippen LogP contribution in [0.3, 0.4) is 0 Å². The lowest BCUT2D eigenvalue weighted by molar-refractivity contribution is -0.151. The quantitative estimate of drug-likeness (QED) is 0.803. The van der Waals surface area contributed by atoms with Crippen molar-refractivity contribution in [1.82, 2.24) is 9.71 Å². The fourth-order valence-corrected chi connectivity index (χ4v) is 3.61. The molecule has 0 aliphatic rings. The molecular formula is C15H16F3N3O2S. The third-order valence-electron chi connectivity index (χ3n) is 3.33. The van der Waals surface area contributed by atoms with Crippen molar-refractivity contribution >= 4 is 15.7 Å². The number of nitrogens with zero attached hydrogens (tertiary/aromatic N) is 1. The Bertz CT molecular complexity index is 808. The number of hydrogen-bond acceptors (Lipinski definition) is 4. The van der Waals surface area contributed by atoms with E-state index in [9.17, 15) is 21.6 Å². The first-order chi connectivity index (χ1) is 11.1. The lowest BCUT2D eigenvalue weighted by Gasteiger charge is -2.22. The molecule has 1 aromatic carbocycles. The van der Waals surface area contributed by atoms with Gasteiger partial charge in [0.15, 0.2) is 0 Å². The van der Waals surface area contributed by atoms with Gasteiger partial charge in [0.1, 0.15) is 6.04 Å². The Morgan fingerprint density at radius 3 is 2.54 bits per heavy atom. The molecule has 1 aromatic heterocycles. The standard InChI is InChI=1S/C15H16F3N3O2S/c1-10-5-6-11(19)8-13(10)24(22,23)21-14(15(16,17)18)9-12-4-2-3-7-20-12/h2-8,14,21H,9,19H2,1H3/t14-/m1/s1. The molecular weight excluding hydrogens is 343 g/mol. The van der Waals surface area contributed by atoms with Gasteiger partial charge in [-0.25, -0.2) is 8.42 Å². The molecule has 3 N–H and O–H groups in total. The minimum absolute atomic E-state index is 0.131. The highest BCUT2D eigenvalue weighted by Gasteiger charge is 2.42. The summed E-state index contributed by atoms with van der Waals surface area (Å²) >= 11 is 0. The number of aromatic nitrogens is 1. The highest BCUT2D eigenvalue weighted by molar-refractivity contribution is 7.89. The van der Waals surface area contributed by atoms with Crippen molar-refractivity contribution in [3.63, 3.8) is 0 Å². The fraction of sp³-hybridized carbons (Fsp3) is 0.267. The average Bonchev–Trinajstić information content (AvgIpc) is 2.49. The van der Waals surface area contributed by atoms with Gasteiger partial charge in [0.2, 0.25) is 10.0 Å². The molecule has 0 bridgehead atoms. The maximum absolute atomic E-state index is 13.3. The van der Waals surface area contributed by atoms with Gasteiger partial charge in [0, 0.05) is 24.0 Å². The molecule has 9 heteroatoms. The van der Waals surface area contributed by atoms with Gasteiger partial charge in [0.25, 0.3) is 0 Å². The van der Waals surface area contributed by atoms with E-state index in [4.69, 9.17) is 5.73 Å². The molecule has 0 spiro atoms. The number of rotatable bonds is 5. The van der Waals surface area contributed by atoms with E-state index in [-0.39, 0.29) is 16.3 Å². The highest BCUT2D eigenvalue weighted by Crippen LogP contribution is 2.26. The van der Waals surface area contributed by atoms with Crippen molar-refractivity contribution in [2.75, 3.05) is 5.73 Å². The molecule has 1 heterocycles. The number of benzene rings is 1. The summed E-state index contributed by atoms with van der Waals surface area (Å²) in [6.07, 6.45) is -4.02. The topological polar surface area (TPSA) is 85.1 Å². The number of nitrogens with two attached hydrogens (primary N) is 1. The van der Waals surface area contributed by atoms with Crippen LogP contribution >= 0.6 is 0 Å². The number of alkyl halides is 3. The lowest BCUT2D eigenvalue weighted by atomic mass is 10.1. The van der Waals surface area contributed by atoms with E-state index < -0.39 is 28.7 Å². The third kappa shape index (κ3) is 4.45. The Hall–Kier alpha value is -2.13. The molecule has 0 amide bonds. The van der Waals surface area contributed by atoms with E-state index in [0.29, 0.717) is 5.56 Å². The number of anilines is 1. The Balaban J connectivity index is 2.33. The van der Waals surface area contributed by atoms with Crippen LogP contribution in [-0.4, -0.2) is 25.6 Å². The molecule has 5 nitrogen and oxygen atoms in total. The molecule has 0 radical (unpaired) electrons. The second-order valence-electron chi connectivity index (χ2n) is 5.27. The Morgan fingerprint density at radius 1 is 1.25 bits per heavy atom. The van der Waals surface area contributed by atoms with Crippen molar-refractivity contribution in [3.8, 4) is 0 Å². The fourth-order valence-electron chi connectivity index (χ4n) is 2.11. The Morgan fingerprint density at radius 2 is 1.96 bits per heavy atom. The van der Waals surface area contributed by atoms with Crippen LogP contribution in [0.5, 0.6) is 0 Å². The van der Waals surface area contributed by atoms with Crippen LogP contribution in [0, 0.1) is 6.92 Å². The van der Waals surface area contributed by atoms with Crippen molar-refractivity contribution in [2.45, 2.75) is 30.5 Å². The van der Waals surface area contributed by atoms with Crippen LogP contribution in [0.2, 0.25) is 0 Å². The summed E-state index contributed by atoms with van der Waals surface area (Å²) in [6, 6.07) is 6.25. The summed E-state index contributed by atoms with van der Waals surface area (Å²) < 4.78 is 66.2. The largest absolute Gasteiger partial charge is 0.405 e. The van der Waals surface area contributed by atoms with E-state index in [1.165, 1.54) is 37.4 Å². The molecule has 2 aromatic rings. The maximum Gasteiger partial charge on any atom is 0.405 e. The molecule has 2 rings (SSSR count). The maximum atomic E-state index is 13.3. The van der Waals surface area contributed by atoms with Crippen LogP contribution < -0.4 is 10.5 Å². The molecule has 24 heavy (non-hydrogen) atoms. The smallest absolute Gasteiger partial charge is 0.399 e. The molecule has 130 valence electrons. The highest BCUT2D eigenvalue weighted by atomic mass is 32.2. The van der Waals surface area contributed by atoms with E-state index in [1.807, 2.05) is 0 Å². The number of aryl methyl sites for hydroxylation is 1. The lowest BCUT2D eigenvalue weighted by Crippen LogP contribution is -2.47. The predicted molar refractivity (Wildman–Crippen MR) is 83.7 cm³/mol. The number of hydrogen-bond donors (Lipinski definition) is 2. The van der Waals surface area contributed by atoms with Gasteiger partial charge in [-0.05, 0) is 36.8 Å². The van der Waals surface area contributed by atoms with Gasteiger partial charge in [-0.1, -0.05) is 12.1 Å². The minimum atomic E-state index is -4.77. The molecule has 0 unspecified atom stereocenters. The average molecular weight is 359 g/mol. The number of pyridine rings is 1. The zero-order valence-electron chi connectivity index (χ0n) is 12.7. The number of halogens is 3. The number of nitrogens with one attached hydrogen (secondary N) is 1. The predicted octanol–water partition coefficient (Wildman–Crippen LogP) is 2.42. The Kier molecular flexibility index (Phi) is 5.14. The molecule has 0 saturated carbocycles. The van der Waals surface area contributed by atoms with E-state index in [1.54, 1.807) is 10.8 Å². The summed E-state index contributed by atoms with van der Waals surface area (Å²) in [5.74, 6) is 0. The van der Waals surface area contributed by atoms with Gasteiger partial charge in [-0.3, -0.25) is 4.98 Å². The van der Waals surface area contributed by atoms with E-state index in [2.05, 4.69) is 4.98 Å². The first-order valence-electron chi connectivity index (χ1n) is 6.94. The second-order valence-corrected chi connectivity index (χ2v) is 6.95. The van der Waals surface area contributed by atoms with Crippen LogP contribution in [-0.2, 0) is 16.4 Å². The molecule has 0 saturated heterocycles. The van der Waals surface area contributed by atoms with Crippen molar-refractivity contribution < 1.29 is 21.6 Å². The molecule has 0 aliphatic heterocycles. The zero-order valence-corrected chi connectivity index (χ0v) is 13.5. The SMILES string of the molecule is Cc1ccc(N)cc1S(=O)(=O)N[C@H](Cc1ccccn1)C(F)(F)F. The van der Waals surface area contributed by atoms with Gasteiger partial charge < -0.3 is 5.73 Å². The molecule has 0 aliphatic carbocycles. The zero-order chi connectivity index (χ0) is 18.0.